The number of hydrogen-bond donors (Lipinski definition) is 2. The van der Waals surface area contributed by atoms with E-state index in [0.29, 0.717) is 0 Å². The maximum Gasteiger partial charge on any atom is 0.103 e. The molecule has 15 heavy (non-hydrogen) atoms. The highest BCUT2D eigenvalue weighted by Gasteiger charge is 2.40. The Morgan fingerprint density at radius 2 is 2.07 bits per heavy atom. The van der Waals surface area contributed by atoms with Gasteiger partial charge in [-0.1, -0.05) is 0 Å². The zero-order valence-electron chi connectivity index (χ0n) is 9.29. The summed E-state index contributed by atoms with van der Waals surface area (Å²) in [4.78, 5) is 7.50. The van der Waals surface area contributed by atoms with E-state index in [4.69, 9.17) is 0 Å². The van der Waals surface area contributed by atoms with Gasteiger partial charge in [-0.05, 0) is 44.4 Å². The van der Waals surface area contributed by atoms with E-state index >= 15 is 0 Å². The summed E-state index contributed by atoms with van der Waals surface area (Å²) in [7, 11) is 0. The molecule has 3 heteroatoms. The Bertz CT molecular complexity index is 324. The number of aromatic nitrogens is 2. The summed E-state index contributed by atoms with van der Waals surface area (Å²) in [6, 6.07) is 0.786. The molecule has 1 heterocycles. The summed E-state index contributed by atoms with van der Waals surface area (Å²) in [5.74, 6) is 2.96. The lowest BCUT2D eigenvalue weighted by atomic mass is 10.1. The maximum absolute atomic E-state index is 4.22. The van der Waals surface area contributed by atoms with E-state index in [1.165, 1.54) is 31.4 Å². The van der Waals surface area contributed by atoms with Gasteiger partial charge >= 0.3 is 0 Å². The SMILES string of the molecule is Cc1ncc(CNC(C2CC2)C2CC2)[nH]1. The fraction of sp³-hybridized carbons (Fsp3) is 0.750. The molecule has 82 valence electrons. The van der Waals surface area contributed by atoms with Gasteiger partial charge < -0.3 is 10.3 Å². The predicted molar refractivity (Wildman–Crippen MR) is 59.4 cm³/mol. The zero-order valence-corrected chi connectivity index (χ0v) is 9.29. The largest absolute Gasteiger partial charge is 0.345 e. The van der Waals surface area contributed by atoms with Crippen molar-refractivity contribution in [1.29, 1.82) is 0 Å². The Balaban J connectivity index is 1.55. The minimum Gasteiger partial charge on any atom is -0.345 e. The molecule has 2 aliphatic carbocycles. The molecule has 2 saturated carbocycles. The minimum atomic E-state index is 0.786. The van der Waals surface area contributed by atoms with Gasteiger partial charge in [-0.2, -0.15) is 0 Å². The molecule has 0 atom stereocenters. The predicted octanol–water partition coefficient (Wildman–Crippen LogP) is 2.00. The first-order valence-electron chi connectivity index (χ1n) is 6.07. The Hall–Kier alpha value is -0.830. The first kappa shape index (κ1) is 9.40. The Morgan fingerprint density at radius 3 is 2.53 bits per heavy atom. The molecule has 0 aliphatic heterocycles. The van der Waals surface area contributed by atoms with Crippen molar-refractivity contribution in [3.63, 3.8) is 0 Å². The highest BCUT2D eigenvalue weighted by atomic mass is 15.0. The second-order valence-electron chi connectivity index (χ2n) is 5.08. The zero-order chi connectivity index (χ0) is 10.3. The first-order valence-corrected chi connectivity index (χ1v) is 6.07. The van der Waals surface area contributed by atoms with Gasteiger partial charge in [0.2, 0.25) is 0 Å². The second kappa shape index (κ2) is 3.63. The number of aromatic amines is 1. The molecule has 0 amide bonds. The molecule has 0 aromatic carbocycles. The molecular weight excluding hydrogens is 186 g/mol. The van der Waals surface area contributed by atoms with Gasteiger partial charge in [0.15, 0.2) is 0 Å². The lowest BCUT2D eigenvalue weighted by Crippen LogP contribution is -2.32. The van der Waals surface area contributed by atoms with E-state index in [0.717, 1.165) is 30.2 Å². The fourth-order valence-corrected chi connectivity index (χ4v) is 2.42. The lowest BCUT2D eigenvalue weighted by molar-refractivity contribution is 0.413. The average Bonchev–Trinajstić information content (AvgIpc) is 3.09. The molecule has 0 spiro atoms. The van der Waals surface area contributed by atoms with Crippen LogP contribution in [-0.4, -0.2) is 16.0 Å². The molecular formula is C12H19N3. The third-order valence-electron chi connectivity index (χ3n) is 3.54. The monoisotopic (exact) mass is 205 g/mol. The van der Waals surface area contributed by atoms with E-state index in [9.17, 15) is 0 Å². The van der Waals surface area contributed by atoms with Crippen LogP contribution in [0.2, 0.25) is 0 Å². The van der Waals surface area contributed by atoms with Gasteiger partial charge in [0.05, 0.1) is 0 Å². The van der Waals surface area contributed by atoms with Crippen LogP contribution in [0.25, 0.3) is 0 Å². The van der Waals surface area contributed by atoms with Crippen LogP contribution in [0, 0.1) is 18.8 Å². The van der Waals surface area contributed by atoms with Crippen LogP contribution in [0.4, 0.5) is 0 Å². The normalized spacial score (nSPS) is 21.2. The highest BCUT2D eigenvalue weighted by molar-refractivity contribution is 5.02. The van der Waals surface area contributed by atoms with Gasteiger partial charge in [0, 0.05) is 24.5 Å². The molecule has 3 nitrogen and oxygen atoms in total. The van der Waals surface area contributed by atoms with E-state index < -0.39 is 0 Å². The van der Waals surface area contributed by atoms with Gasteiger partial charge in [-0.3, -0.25) is 0 Å². The summed E-state index contributed by atoms with van der Waals surface area (Å²) in [6.45, 7) is 2.96. The standard InChI is InChI=1S/C12H19N3/c1-8-13-6-11(15-8)7-14-12(9-2-3-9)10-4-5-10/h6,9-10,12,14H,2-5,7H2,1H3,(H,13,15). The maximum atomic E-state index is 4.22. The van der Waals surface area contributed by atoms with Crippen LogP contribution in [0.5, 0.6) is 0 Å². The topological polar surface area (TPSA) is 40.7 Å². The number of rotatable bonds is 5. The van der Waals surface area contributed by atoms with Crippen molar-refractivity contribution in [2.24, 2.45) is 11.8 Å². The number of nitrogens with one attached hydrogen (secondary N) is 2. The third kappa shape index (κ3) is 2.23. The smallest absolute Gasteiger partial charge is 0.103 e. The van der Waals surface area contributed by atoms with E-state index in [2.05, 4.69) is 15.3 Å². The Labute approximate surface area is 90.7 Å². The summed E-state index contributed by atoms with van der Waals surface area (Å²) in [5.41, 5.74) is 1.22. The van der Waals surface area contributed by atoms with Gasteiger partial charge in [0.1, 0.15) is 5.82 Å². The van der Waals surface area contributed by atoms with Crippen molar-refractivity contribution < 1.29 is 0 Å². The summed E-state index contributed by atoms with van der Waals surface area (Å²) in [5, 5.41) is 3.70. The molecule has 0 unspecified atom stereocenters. The Morgan fingerprint density at radius 1 is 1.40 bits per heavy atom. The Kier molecular flexibility index (Phi) is 2.28. The minimum absolute atomic E-state index is 0.786. The summed E-state index contributed by atoms with van der Waals surface area (Å²) >= 11 is 0. The van der Waals surface area contributed by atoms with Gasteiger partial charge in [0.25, 0.3) is 0 Å². The summed E-state index contributed by atoms with van der Waals surface area (Å²) < 4.78 is 0. The molecule has 2 N–H and O–H groups in total. The van der Waals surface area contributed by atoms with Gasteiger partial charge in [-0.15, -0.1) is 0 Å². The van der Waals surface area contributed by atoms with Crippen molar-refractivity contribution in [3.8, 4) is 0 Å². The fourth-order valence-electron chi connectivity index (χ4n) is 2.42. The molecule has 0 saturated heterocycles. The van der Waals surface area contributed by atoms with Crippen LogP contribution in [0.1, 0.15) is 37.2 Å². The number of aryl methyl sites for hydroxylation is 1. The summed E-state index contributed by atoms with van der Waals surface area (Å²) in [6.07, 6.45) is 7.71. The number of hydrogen-bond acceptors (Lipinski definition) is 2. The highest BCUT2D eigenvalue weighted by Crippen LogP contribution is 2.44. The van der Waals surface area contributed by atoms with Crippen LogP contribution >= 0.6 is 0 Å². The van der Waals surface area contributed by atoms with Crippen molar-refractivity contribution in [1.82, 2.24) is 15.3 Å². The van der Waals surface area contributed by atoms with Crippen LogP contribution < -0.4 is 5.32 Å². The van der Waals surface area contributed by atoms with Crippen molar-refractivity contribution in [3.05, 3.63) is 17.7 Å². The van der Waals surface area contributed by atoms with Crippen LogP contribution in [0.15, 0.2) is 6.20 Å². The number of imidazole rings is 1. The van der Waals surface area contributed by atoms with Crippen LogP contribution in [-0.2, 0) is 6.54 Å². The second-order valence-corrected chi connectivity index (χ2v) is 5.08. The lowest BCUT2D eigenvalue weighted by Gasteiger charge is -2.16. The average molecular weight is 205 g/mol. The quantitative estimate of drug-likeness (QED) is 0.772. The molecule has 0 radical (unpaired) electrons. The first-order chi connectivity index (χ1) is 7.33. The van der Waals surface area contributed by atoms with Gasteiger partial charge in [-0.25, -0.2) is 4.98 Å². The number of H-pyrrole nitrogens is 1. The molecule has 0 bridgehead atoms. The van der Waals surface area contributed by atoms with E-state index in [-0.39, 0.29) is 0 Å². The van der Waals surface area contributed by atoms with Crippen molar-refractivity contribution >= 4 is 0 Å². The molecule has 3 rings (SSSR count). The molecule has 2 fully saturated rings. The van der Waals surface area contributed by atoms with E-state index in [1.807, 2.05) is 13.1 Å². The van der Waals surface area contributed by atoms with Crippen molar-refractivity contribution in [2.45, 2.75) is 45.2 Å². The third-order valence-corrected chi connectivity index (χ3v) is 3.54. The van der Waals surface area contributed by atoms with Crippen LogP contribution in [0.3, 0.4) is 0 Å². The molecule has 1 aromatic rings. The number of nitrogens with zero attached hydrogens (tertiary/aromatic N) is 1. The van der Waals surface area contributed by atoms with Crippen molar-refractivity contribution in [2.75, 3.05) is 0 Å². The van der Waals surface area contributed by atoms with E-state index in [1.54, 1.807) is 0 Å². The molecule has 1 aromatic heterocycles. The molecule has 2 aliphatic rings.